The van der Waals surface area contributed by atoms with Crippen LogP contribution in [0.15, 0.2) is 24.3 Å². The minimum absolute atomic E-state index is 0.0474. The molecule has 0 saturated carbocycles. The highest BCUT2D eigenvalue weighted by Crippen LogP contribution is 2.38. The molecule has 0 fully saturated rings. The molecule has 0 aromatic heterocycles. The van der Waals surface area contributed by atoms with E-state index in [0.29, 0.717) is 6.61 Å². The topological polar surface area (TPSA) is 53.7 Å². The van der Waals surface area contributed by atoms with E-state index in [1.807, 2.05) is 24.3 Å². The fraction of sp³-hybridized carbons (Fsp3) is 0.333. The Morgan fingerprint density at radius 3 is 2.63 bits per heavy atom. The van der Waals surface area contributed by atoms with Crippen LogP contribution in [0, 0.1) is 0 Å². The van der Waals surface area contributed by atoms with Crippen molar-refractivity contribution in [3.05, 3.63) is 29.8 Å². The van der Waals surface area contributed by atoms with Gasteiger partial charge in [0.15, 0.2) is 11.5 Å². The van der Waals surface area contributed by atoms with E-state index in [1.165, 1.54) is 0 Å². The first-order valence-corrected chi connectivity index (χ1v) is 6.29. The second kappa shape index (κ2) is 4.63. The van der Waals surface area contributed by atoms with Gasteiger partial charge >= 0.3 is 0 Å². The first-order chi connectivity index (χ1) is 9.22. The number of methoxy groups -OCH3 is 2. The number of ether oxygens (including phenoxy) is 3. The van der Waals surface area contributed by atoms with E-state index < -0.39 is 0 Å². The lowest BCUT2D eigenvalue weighted by atomic mass is 9.96. The van der Waals surface area contributed by atoms with E-state index in [2.05, 4.69) is 0 Å². The molecule has 1 aliphatic heterocycles. The van der Waals surface area contributed by atoms with Crippen molar-refractivity contribution in [1.29, 1.82) is 0 Å². The first kappa shape index (κ1) is 12.1. The molecule has 2 aromatic carbocycles. The van der Waals surface area contributed by atoms with Crippen molar-refractivity contribution >= 4 is 10.8 Å². The van der Waals surface area contributed by atoms with Crippen LogP contribution in [0.1, 0.15) is 5.56 Å². The number of benzene rings is 2. The van der Waals surface area contributed by atoms with Gasteiger partial charge in [-0.15, -0.1) is 0 Å². The highest BCUT2D eigenvalue weighted by molar-refractivity contribution is 5.91. The molecule has 4 heteroatoms. The van der Waals surface area contributed by atoms with Gasteiger partial charge in [0.1, 0.15) is 12.4 Å². The maximum absolute atomic E-state index is 5.99. The van der Waals surface area contributed by atoms with Gasteiger partial charge in [-0.2, -0.15) is 0 Å². The number of hydrogen-bond acceptors (Lipinski definition) is 4. The fourth-order valence-electron chi connectivity index (χ4n) is 2.56. The summed E-state index contributed by atoms with van der Waals surface area (Å²) in [5.74, 6) is 2.37. The Balaban J connectivity index is 2.24. The standard InChI is InChI=1S/C15H17NO3/c1-17-14-5-9-3-4-13-12(6-10(16)8-19-13)11(9)7-15(14)18-2/h3-5,7,10H,6,8,16H2,1-2H3. The summed E-state index contributed by atoms with van der Waals surface area (Å²) in [4.78, 5) is 0. The van der Waals surface area contributed by atoms with Gasteiger partial charge in [0.25, 0.3) is 0 Å². The zero-order valence-corrected chi connectivity index (χ0v) is 11.1. The van der Waals surface area contributed by atoms with Crippen molar-refractivity contribution in [2.45, 2.75) is 12.5 Å². The molecule has 19 heavy (non-hydrogen) atoms. The molecule has 1 atom stereocenters. The van der Waals surface area contributed by atoms with Crippen LogP contribution in [-0.4, -0.2) is 26.9 Å². The molecule has 0 radical (unpaired) electrons. The molecular weight excluding hydrogens is 242 g/mol. The van der Waals surface area contributed by atoms with Crippen LogP contribution < -0.4 is 19.9 Å². The van der Waals surface area contributed by atoms with Crippen LogP contribution in [0.25, 0.3) is 10.8 Å². The molecule has 1 heterocycles. The zero-order valence-electron chi connectivity index (χ0n) is 11.1. The largest absolute Gasteiger partial charge is 0.493 e. The lowest BCUT2D eigenvalue weighted by Crippen LogP contribution is -2.33. The molecule has 1 unspecified atom stereocenters. The third-order valence-corrected chi connectivity index (χ3v) is 3.51. The van der Waals surface area contributed by atoms with Crippen molar-refractivity contribution in [3.8, 4) is 17.2 Å². The summed E-state index contributed by atoms with van der Waals surface area (Å²) in [7, 11) is 3.28. The average molecular weight is 259 g/mol. The van der Waals surface area contributed by atoms with Crippen LogP contribution in [0.3, 0.4) is 0 Å². The van der Waals surface area contributed by atoms with Gasteiger partial charge in [-0.1, -0.05) is 6.07 Å². The molecule has 3 rings (SSSR count). The summed E-state index contributed by atoms with van der Waals surface area (Å²) in [6.07, 6.45) is 0.822. The molecule has 0 aliphatic carbocycles. The minimum atomic E-state index is 0.0474. The molecule has 0 saturated heterocycles. The highest BCUT2D eigenvalue weighted by atomic mass is 16.5. The molecule has 100 valence electrons. The molecule has 2 N–H and O–H groups in total. The molecule has 0 spiro atoms. The van der Waals surface area contributed by atoms with Crippen molar-refractivity contribution in [2.75, 3.05) is 20.8 Å². The number of nitrogens with two attached hydrogens (primary N) is 1. The van der Waals surface area contributed by atoms with E-state index in [1.54, 1.807) is 14.2 Å². The van der Waals surface area contributed by atoms with E-state index in [4.69, 9.17) is 19.9 Å². The summed E-state index contributed by atoms with van der Waals surface area (Å²) < 4.78 is 16.4. The van der Waals surface area contributed by atoms with E-state index >= 15 is 0 Å². The lowest BCUT2D eigenvalue weighted by molar-refractivity contribution is 0.264. The van der Waals surface area contributed by atoms with Gasteiger partial charge in [0.05, 0.1) is 14.2 Å². The van der Waals surface area contributed by atoms with Gasteiger partial charge in [0, 0.05) is 11.6 Å². The molecule has 2 aromatic rings. The lowest BCUT2D eigenvalue weighted by Gasteiger charge is -2.24. The van der Waals surface area contributed by atoms with E-state index in [9.17, 15) is 0 Å². The number of rotatable bonds is 2. The minimum Gasteiger partial charge on any atom is -0.493 e. The van der Waals surface area contributed by atoms with Crippen LogP contribution in [0.2, 0.25) is 0 Å². The summed E-state index contributed by atoms with van der Waals surface area (Å²) >= 11 is 0. The molecular formula is C15H17NO3. The Hall–Kier alpha value is -1.94. The quantitative estimate of drug-likeness (QED) is 0.897. The predicted octanol–water partition coefficient (Wildman–Crippen LogP) is 2.12. The van der Waals surface area contributed by atoms with Crippen LogP contribution in [0.4, 0.5) is 0 Å². The smallest absolute Gasteiger partial charge is 0.161 e. The Morgan fingerprint density at radius 1 is 1.16 bits per heavy atom. The van der Waals surface area contributed by atoms with Gasteiger partial charge in [-0.25, -0.2) is 0 Å². The Kier molecular flexibility index (Phi) is 2.95. The first-order valence-electron chi connectivity index (χ1n) is 6.29. The summed E-state index contributed by atoms with van der Waals surface area (Å²) in [6, 6.07) is 8.05. The van der Waals surface area contributed by atoms with Crippen molar-refractivity contribution in [1.82, 2.24) is 0 Å². The highest BCUT2D eigenvalue weighted by Gasteiger charge is 2.20. The van der Waals surface area contributed by atoms with Gasteiger partial charge in [0.2, 0.25) is 0 Å². The van der Waals surface area contributed by atoms with Crippen LogP contribution in [-0.2, 0) is 6.42 Å². The monoisotopic (exact) mass is 259 g/mol. The van der Waals surface area contributed by atoms with Crippen molar-refractivity contribution in [3.63, 3.8) is 0 Å². The zero-order chi connectivity index (χ0) is 13.4. The maximum Gasteiger partial charge on any atom is 0.161 e. The normalized spacial score (nSPS) is 17.7. The SMILES string of the molecule is COc1cc2ccc3c(c2cc1OC)CC(N)CO3. The van der Waals surface area contributed by atoms with E-state index in [0.717, 1.165) is 40.0 Å². The Morgan fingerprint density at radius 2 is 1.89 bits per heavy atom. The van der Waals surface area contributed by atoms with Gasteiger partial charge in [-0.3, -0.25) is 0 Å². The third-order valence-electron chi connectivity index (χ3n) is 3.51. The molecule has 0 amide bonds. The second-order valence-corrected chi connectivity index (χ2v) is 4.75. The summed E-state index contributed by atoms with van der Waals surface area (Å²) in [6.45, 7) is 0.575. The summed E-state index contributed by atoms with van der Waals surface area (Å²) in [5, 5.41) is 2.22. The molecule has 1 aliphatic rings. The third kappa shape index (κ3) is 1.98. The van der Waals surface area contributed by atoms with Crippen molar-refractivity contribution < 1.29 is 14.2 Å². The number of fused-ring (bicyclic) bond motifs is 3. The fourth-order valence-corrected chi connectivity index (χ4v) is 2.56. The number of hydrogen-bond donors (Lipinski definition) is 1. The maximum atomic E-state index is 5.99. The Bertz CT molecular complexity index is 624. The van der Waals surface area contributed by atoms with Gasteiger partial charge in [-0.05, 0) is 35.4 Å². The van der Waals surface area contributed by atoms with E-state index in [-0.39, 0.29) is 6.04 Å². The van der Waals surface area contributed by atoms with Crippen molar-refractivity contribution in [2.24, 2.45) is 5.73 Å². The van der Waals surface area contributed by atoms with Gasteiger partial charge < -0.3 is 19.9 Å². The molecule has 4 nitrogen and oxygen atoms in total. The van der Waals surface area contributed by atoms with Crippen LogP contribution >= 0.6 is 0 Å². The Labute approximate surface area is 112 Å². The summed E-state index contributed by atoms with van der Waals surface area (Å²) in [5.41, 5.74) is 7.14. The second-order valence-electron chi connectivity index (χ2n) is 4.75. The average Bonchev–Trinajstić information content (AvgIpc) is 2.45. The van der Waals surface area contributed by atoms with Crippen LogP contribution in [0.5, 0.6) is 17.2 Å². The predicted molar refractivity (Wildman–Crippen MR) is 74.2 cm³/mol. The molecule has 0 bridgehead atoms.